The number of nitrogens with zero attached hydrogens (tertiary/aromatic N) is 4. The Hall–Kier alpha value is -2.31. The van der Waals surface area contributed by atoms with Crippen molar-refractivity contribution in [2.45, 2.75) is 27.1 Å². The zero-order chi connectivity index (χ0) is 18.0. The van der Waals surface area contributed by atoms with Gasteiger partial charge in [-0.2, -0.15) is 5.10 Å². The number of benzene rings is 2. The number of hydrogen-bond acceptors (Lipinski definition) is 3. The summed E-state index contributed by atoms with van der Waals surface area (Å²) >= 11 is 5.59. The predicted octanol–water partition coefficient (Wildman–Crippen LogP) is 4.25. The highest BCUT2D eigenvalue weighted by atomic mass is 32.1. The van der Waals surface area contributed by atoms with E-state index in [0.717, 1.165) is 16.8 Å². The topological polar surface area (TPSA) is 26.0 Å². The Morgan fingerprint density at radius 1 is 1.16 bits per heavy atom. The molecule has 1 aromatic heterocycles. The second kappa shape index (κ2) is 7.29. The normalized spacial score (nSPS) is 11.2. The van der Waals surface area contributed by atoms with Crippen LogP contribution in [0.4, 0.5) is 4.39 Å². The summed E-state index contributed by atoms with van der Waals surface area (Å²) in [5.41, 5.74) is 4.29. The Morgan fingerprint density at radius 2 is 1.96 bits per heavy atom. The fraction of sp³-hybridized carbons (Fsp3) is 0.263. The molecule has 0 aliphatic heterocycles. The molecule has 0 fully saturated rings. The summed E-state index contributed by atoms with van der Waals surface area (Å²) in [6.07, 6.45) is 1.75. The van der Waals surface area contributed by atoms with Gasteiger partial charge in [-0.25, -0.2) is 9.07 Å². The van der Waals surface area contributed by atoms with E-state index in [-0.39, 0.29) is 5.82 Å². The van der Waals surface area contributed by atoms with Gasteiger partial charge in [-0.3, -0.25) is 9.47 Å². The molecule has 3 aromatic rings. The van der Waals surface area contributed by atoms with E-state index in [0.29, 0.717) is 18.0 Å². The van der Waals surface area contributed by atoms with Crippen LogP contribution >= 0.6 is 12.2 Å². The number of aromatic nitrogens is 3. The third kappa shape index (κ3) is 4.03. The Morgan fingerprint density at radius 3 is 2.72 bits per heavy atom. The van der Waals surface area contributed by atoms with Crippen molar-refractivity contribution in [2.75, 3.05) is 7.05 Å². The van der Waals surface area contributed by atoms with E-state index in [1.807, 2.05) is 22.6 Å². The molecule has 0 radical (unpaired) electrons. The fourth-order valence-corrected chi connectivity index (χ4v) is 3.05. The van der Waals surface area contributed by atoms with Gasteiger partial charge in [0, 0.05) is 6.54 Å². The lowest BCUT2D eigenvalue weighted by atomic mass is 10.1. The van der Waals surface area contributed by atoms with Crippen LogP contribution in [0, 0.1) is 24.4 Å². The molecule has 0 bridgehead atoms. The zero-order valence-corrected chi connectivity index (χ0v) is 15.4. The minimum Gasteiger partial charge on any atom is -0.283 e. The van der Waals surface area contributed by atoms with Gasteiger partial charge in [-0.05, 0) is 68.0 Å². The van der Waals surface area contributed by atoms with Gasteiger partial charge in [0.25, 0.3) is 0 Å². The SMILES string of the molecule is Cc1ccc(C)c(-n2cnn(CN(C)Cc3cccc(F)c3)c2=S)c1. The van der Waals surface area contributed by atoms with E-state index in [1.54, 1.807) is 23.1 Å². The van der Waals surface area contributed by atoms with Crippen LogP contribution in [-0.2, 0) is 13.2 Å². The largest absolute Gasteiger partial charge is 0.283 e. The van der Waals surface area contributed by atoms with Gasteiger partial charge in [-0.1, -0.05) is 24.3 Å². The molecule has 6 heteroatoms. The lowest BCUT2D eigenvalue weighted by molar-refractivity contribution is 0.244. The van der Waals surface area contributed by atoms with E-state index in [1.165, 1.54) is 11.6 Å². The predicted molar refractivity (Wildman–Crippen MR) is 99.7 cm³/mol. The van der Waals surface area contributed by atoms with Crippen molar-refractivity contribution >= 4 is 12.2 Å². The van der Waals surface area contributed by atoms with Gasteiger partial charge in [0.05, 0.1) is 12.4 Å². The van der Waals surface area contributed by atoms with E-state index in [9.17, 15) is 4.39 Å². The Labute approximate surface area is 152 Å². The molecular weight excluding hydrogens is 335 g/mol. The van der Waals surface area contributed by atoms with Crippen LogP contribution in [0.25, 0.3) is 5.69 Å². The minimum absolute atomic E-state index is 0.221. The molecule has 4 nitrogen and oxygen atoms in total. The summed E-state index contributed by atoms with van der Waals surface area (Å²) < 4.78 is 17.7. The van der Waals surface area contributed by atoms with Crippen LogP contribution in [0.1, 0.15) is 16.7 Å². The highest BCUT2D eigenvalue weighted by Crippen LogP contribution is 2.16. The summed E-state index contributed by atoms with van der Waals surface area (Å²) in [5, 5.41) is 4.42. The van der Waals surface area contributed by atoms with E-state index in [2.05, 4.69) is 37.1 Å². The van der Waals surface area contributed by atoms with Crippen LogP contribution in [0.2, 0.25) is 0 Å². The van der Waals surface area contributed by atoms with Crippen molar-refractivity contribution in [3.63, 3.8) is 0 Å². The Bertz CT molecular complexity index is 945. The first-order valence-corrected chi connectivity index (χ1v) is 8.50. The first kappa shape index (κ1) is 17.5. The van der Waals surface area contributed by atoms with Gasteiger partial charge < -0.3 is 0 Å². The highest BCUT2D eigenvalue weighted by Gasteiger charge is 2.09. The van der Waals surface area contributed by atoms with Gasteiger partial charge in [-0.15, -0.1) is 0 Å². The lowest BCUT2D eigenvalue weighted by Gasteiger charge is -2.16. The van der Waals surface area contributed by atoms with Crippen LogP contribution in [0.5, 0.6) is 0 Å². The van der Waals surface area contributed by atoms with Crippen molar-refractivity contribution in [1.29, 1.82) is 0 Å². The third-order valence-corrected chi connectivity index (χ3v) is 4.48. The van der Waals surface area contributed by atoms with Crippen molar-refractivity contribution in [3.05, 3.63) is 76.1 Å². The first-order chi connectivity index (χ1) is 11.9. The van der Waals surface area contributed by atoms with Crippen LogP contribution < -0.4 is 0 Å². The van der Waals surface area contributed by atoms with Crippen LogP contribution in [-0.4, -0.2) is 26.3 Å². The number of hydrogen-bond donors (Lipinski definition) is 0. The molecular formula is C19H21FN4S. The molecule has 3 rings (SSSR count). The molecule has 1 heterocycles. The second-order valence-corrected chi connectivity index (χ2v) is 6.72. The molecule has 0 aliphatic carbocycles. The molecule has 0 amide bonds. The van der Waals surface area contributed by atoms with Gasteiger partial charge in [0.15, 0.2) is 0 Å². The summed E-state index contributed by atoms with van der Waals surface area (Å²) in [5.74, 6) is -0.221. The van der Waals surface area contributed by atoms with Gasteiger partial charge in [0.1, 0.15) is 12.1 Å². The highest BCUT2D eigenvalue weighted by molar-refractivity contribution is 7.71. The van der Waals surface area contributed by atoms with Gasteiger partial charge in [0.2, 0.25) is 4.77 Å². The Kier molecular flexibility index (Phi) is 5.11. The lowest BCUT2D eigenvalue weighted by Crippen LogP contribution is -2.22. The summed E-state index contributed by atoms with van der Waals surface area (Å²) in [7, 11) is 1.96. The number of halogens is 1. The molecule has 2 aromatic carbocycles. The number of rotatable bonds is 5. The van der Waals surface area contributed by atoms with E-state index < -0.39 is 0 Å². The van der Waals surface area contributed by atoms with E-state index >= 15 is 0 Å². The fourth-order valence-electron chi connectivity index (χ4n) is 2.80. The summed E-state index contributed by atoms with van der Waals surface area (Å²) in [4.78, 5) is 2.05. The average molecular weight is 356 g/mol. The molecule has 0 aliphatic rings. The molecule has 25 heavy (non-hydrogen) atoms. The maximum absolute atomic E-state index is 13.3. The first-order valence-electron chi connectivity index (χ1n) is 8.09. The molecule has 130 valence electrons. The zero-order valence-electron chi connectivity index (χ0n) is 14.6. The van der Waals surface area contributed by atoms with Crippen LogP contribution in [0.15, 0.2) is 48.8 Å². The average Bonchev–Trinajstić information content (AvgIpc) is 2.90. The maximum atomic E-state index is 13.3. The van der Waals surface area contributed by atoms with E-state index in [4.69, 9.17) is 12.2 Å². The molecule has 0 unspecified atom stereocenters. The molecule has 0 saturated heterocycles. The van der Waals surface area contributed by atoms with Crippen molar-refractivity contribution in [1.82, 2.24) is 19.2 Å². The summed E-state index contributed by atoms with van der Waals surface area (Å²) in [6, 6.07) is 12.9. The smallest absolute Gasteiger partial charge is 0.203 e. The summed E-state index contributed by atoms with van der Waals surface area (Å²) in [6.45, 7) is 5.27. The molecule has 0 N–H and O–H groups in total. The van der Waals surface area contributed by atoms with Crippen molar-refractivity contribution in [3.8, 4) is 5.69 Å². The minimum atomic E-state index is -0.221. The molecule has 0 atom stereocenters. The monoisotopic (exact) mass is 356 g/mol. The molecule has 0 saturated carbocycles. The standard InChI is InChI=1S/C19H21FN4S/c1-14-7-8-15(2)18(9-14)23-12-21-24(19(23)25)13-22(3)11-16-5-4-6-17(20)10-16/h4-10,12H,11,13H2,1-3H3. The quantitative estimate of drug-likeness (QED) is 0.639. The van der Waals surface area contributed by atoms with Crippen molar-refractivity contribution in [2.24, 2.45) is 0 Å². The second-order valence-electron chi connectivity index (χ2n) is 6.36. The Balaban J connectivity index is 1.79. The number of aryl methyl sites for hydroxylation is 2. The van der Waals surface area contributed by atoms with Gasteiger partial charge >= 0.3 is 0 Å². The molecule has 0 spiro atoms. The maximum Gasteiger partial charge on any atom is 0.203 e. The van der Waals surface area contributed by atoms with Crippen LogP contribution in [0.3, 0.4) is 0 Å². The van der Waals surface area contributed by atoms with Crippen molar-refractivity contribution < 1.29 is 4.39 Å². The third-order valence-electron chi connectivity index (χ3n) is 4.07.